The third-order valence-electron chi connectivity index (χ3n) is 5.34. The fraction of sp³-hybridized carbons (Fsp3) is 0.462. The number of ether oxygens (including phenoxy) is 1. The number of hydrogen-bond acceptors (Lipinski definition) is 5. The molecule has 0 saturated heterocycles. The maximum atomic E-state index is 10.6. The number of carbonyl (C=O) groups is 1. The maximum Gasteiger partial charge on any atom is 0.490 e. The van der Waals surface area contributed by atoms with Crippen LogP contribution in [-0.2, 0) is 4.79 Å². The number of hydrogen-bond donors (Lipinski definition) is 2. The summed E-state index contributed by atoms with van der Waals surface area (Å²) in [7, 11) is 1.74. The summed E-state index contributed by atoms with van der Waals surface area (Å²) in [6, 6.07) is 10.2. The Morgan fingerprint density at radius 1 is 1.14 bits per heavy atom. The van der Waals surface area contributed by atoms with Gasteiger partial charge >= 0.3 is 12.1 Å². The lowest BCUT2D eigenvalue weighted by Crippen LogP contribution is -2.21. The summed E-state index contributed by atoms with van der Waals surface area (Å²) in [4.78, 5) is 15.0. The van der Waals surface area contributed by atoms with E-state index in [4.69, 9.17) is 31.2 Å². The van der Waals surface area contributed by atoms with Crippen molar-refractivity contribution in [3.05, 3.63) is 41.6 Å². The van der Waals surface area contributed by atoms with Crippen molar-refractivity contribution in [1.29, 1.82) is 0 Å². The van der Waals surface area contributed by atoms with Gasteiger partial charge < -0.3 is 15.2 Å². The van der Waals surface area contributed by atoms with Crippen LogP contribution in [0.2, 0.25) is 5.02 Å². The van der Waals surface area contributed by atoms with Crippen LogP contribution in [0.4, 0.5) is 19.0 Å². The van der Waals surface area contributed by atoms with Crippen molar-refractivity contribution in [1.82, 2.24) is 9.38 Å². The number of carboxylic acids is 1. The number of thioether (sulfide) groups is 1. The molecule has 0 bridgehead atoms. The topological polar surface area (TPSA) is 75.9 Å². The third-order valence-corrected chi connectivity index (χ3v) is 6.69. The van der Waals surface area contributed by atoms with E-state index in [0.717, 1.165) is 53.6 Å². The number of halogens is 4. The van der Waals surface area contributed by atoms with Gasteiger partial charge in [-0.2, -0.15) is 13.2 Å². The molecule has 0 radical (unpaired) electrons. The number of nitrogens with one attached hydrogen (secondary N) is 1. The Morgan fingerprint density at radius 2 is 1.84 bits per heavy atom. The van der Waals surface area contributed by atoms with Crippen molar-refractivity contribution in [3.63, 3.8) is 0 Å². The van der Waals surface area contributed by atoms with E-state index >= 15 is 0 Å². The van der Waals surface area contributed by atoms with Crippen molar-refractivity contribution >= 4 is 40.8 Å². The average Bonchev–Trinajstić information content (AvgIpc) is 3.21. The van der Waals surface area contributed by atoms with E-state index in [2.05, 4.69) is 41.8 Å². The second kappa shape index (κ2) is 15.0. The second-order valence-corrected chi connectivity index (χ2v) is 9.82. The van der Waals surface area contributed by atoms with Crippen LogP contribution in [0.5, 0.6) is 5.75 Å². The normalized spacial score (nSPS) is 11.2. The van der Waals surface area contributed by atoms with E-state index in [1.165, 1.54) is 30.6 Å². The smallest absolute Gasteiger partial charge is 0.490 e. The van der Waals surface area contributed by atoms with Gasteiger partial charge in [0.15, 0.2) is 0 Å². The van der Waals surface area contributed by atoms with Gasteiger partial charge in [0.05, 0.1) is 17.0 Å². The Balaban J connectivity index is 0.000000604. The molecule has 11 heteroatoms. The average molecular weight is 560 g/mol. The molecule has 2 heterocycles. The van der Waals surface area contributed by atoms with Gasteiger partial charge in [0.2, 0.25) is 0 Å². The summed E-state index contributed by atoms with van der Waals surface area (Å²) in [5.41, 5.74) is 2.92. The number of fused-ring (bicyclic) bond motifs is 1. The number of alkyl halides is 3. The van der Waals surface area contributed by atoms with Crippen LogP contribution in [0.15, 0.2) is 41.4 Å². The van der Waals surface area contributed by atoms with E-state index in [9.17, 15) is 13.2 Å². The SMILES string of the molecule is CCCCCCSc1cc(-c2nc3ccc(Cl)cn3c2NCCCC)ccc1OC.O=C(O)C(F)(F)F. The Morgan fingerprint density at radius 3 is 2.46 bits per heavy atom. The van der Waals surface area contributed by atoms with E-state index < -0.39 is 12.1 Å². The first kappa shape index (κ1) is 30.6. The standard InChI is InChI=1S/C24H32ClN3OS.C2HF3O2/c1-4-6-8-9-15-30-21-16-18(10-12-20(21)29-3)23-24(26-14-7-5-2)28-17-19(25)11-13-22(28)27-23;3-2(4,5)1(6)7/h10-13,16-17,26H,4-9,14-15H2,1-3H3;(H,6,7). The number of pyridine rings is 1. The van der Waals surface area contributed by atoms with Crippen LogP contribution >= 0.6 is 23.4 Å². The molecule has 2 N–H and O–H groups in total. The zero-order valence-electron chi connectivity index (χ0n) is 21.2. The van der Waals surface area contributed by atoms with Gasteiger partial charge in [-0.15, -0.1) is 11.8 Å². The van der Waals surface area contributed by atoms with Gasteiger partial charge in [-0.25, -0.2) is 9.78 Å². The van der Waals surface area contributed by atoms with Crippen LogP contribution in [0.3, 0.4) is 0 Å². The van der Waals surface area contributed by atoms with E-state index in [1.807, 2.05) is 30.1 Å². The minimum atomic E-state index is -5.08. The van der Waals surface area contributed by atoms with Gasteiger partial charge in [-0.1, -0.05) is 51.1 Å². The molecule has 3 rings (SSSR count). The van der Waals surface area contributed by atoms with Crippen LogP contribution in [-0.4, -0.2) is 46.0 Å². The lowest BCUT2D eigenvalue weighted by atomic mass is 10.1. The Kier molecular flexibility index (Phi) is 12.4. The minimum Gasteiger partial charge on any atom is -0.496 e. The van der Waals surface area contributed by atoms with Gasteiger partial charge in [0.25, 0.3) is 0 Å². The Hall–Kier alpha value is -2.59. The van der Waals surface area contributed by atoms with Crippen molar-refractivity contribution in [2.45, 2.75) is 63.4 Å². The first-order valence-electron chi connectivity index (χ1n) is 12.1. The van der Waals surface area contributed by atoms with E-state index in [0.29, 0.717) is 5.02 Å². The first-order chi connectivity index (χ1) is 17.6. The van der Waals surface area contributed by atoms with E-state index in [-0.39, 0.29) is 0 Å². The van der Waals surface area contributed by atoms with Crippen LogP contribution in [0.25, 0.3) is 16.9 Å². The molecule has 0 aliphatic rings. The number of benzene rings is 1. The first-order valence-corrected chi connectivity index (χ1v) is 13.5. The molecule has 0 aliphatic heterocycles. The molecule has 0 aliphatic carbocycles. The zero-order chi connectivity index (χ0) is 27.4. The van der Waals surface area contributed by atoms with Gasteiger partial charge in [0, 0.05) is 18.3 Å². The van der Waals surface area contributed by atoms with Gasteiger partial charge in [0.1, 0.15) is 22.9 Å². The predicted molar refractivity (Wildman–Crippen MR) is 144 cm³/mol. The Labute approximate surface area is 224 Å². The molecule has 0 spiro atoms. The summed E-state index contributed by atoms with van der Waals surface area (Å²) in [6.45, 7) is 5.34. The van der Waals surface area contributed by atoms with Gasteiger partial charge in [-0.3, -0.25) is 4.40 Å². The highest BCUT2D eigenvalue weighted by atomic mass is 35.5. The van der Waals surface area contributed by atoms with Gasteiger partial charge in [-0.05, 0) is 48.9 Å². The summed E-state index contributed by atoms with van der Waals surface area (Å²) < 4.78 is 39.4. The van der Waals surface area contributed by atoms with E-state index in [1.54, 1.807) is 7.11 Å². The van der Waals surface area contributed by atoms with Crippen molar-refractivity contribution in [2.75, 3.05) is 24.7 Å². The molecule has 3 aromatic rings. The zero-order valence-corrected chi connectivity index (χ0v) is 22.8. The number of anilines is 1. The number of rotatable bonds is 12. The number of nitrogens with zero attached hydrogens (tertiary/aromatic N) is 2. The molecule has 204 valence electrons. The number of carboxylic acid groups (broad SMARTS) is 1. The van der Waals surface area contributed by atoms with Crippen molar-refractivity contribution in [3.8, 4) is 17.0 Å². The van der Waals surface area contributed by atoms with Crippen molar-refractivity contribution in [2.24, 2.45) is 0 Å². The number of imidazole rings is 1. The second-order valence-electron chi connectivity index (χ2n) is 8.24. The highest BCUT2D eigenvalue weighted by Gasteiger charge is 2.38. The molecular formula is C26H33ClF3N3O3S. The molecular weight excluding hydrogens is 527 g/mol. The molecule has 0 unspecified atom stereocenters. The lowest BCUT2D eigenvalue weighted by molar-refractivity contribution is -0.192. The third kappa shape index (κ3) is 9.34. The monoisotopic (exact) mass is 559 g/mol. The van der Waals surface area contributed by atoms with Crippen LogP contribution in [0.1, 0.15) is 52.4 Å². The number of aromatic nitrogens is 2. The summed E-state index contributed by atoms with van der Waals surface area (Å²) in [5, 5.41) is 11.4. The predicted octanol–water partition coefficient (Wildman–Crippen LogP) is 8.18. The minimum absolute atomic E-state index is 0.697. The van der Waals surface area contributed by atoms with Crippen LogP contribution < -0.4 is 10.1 Å². The largest absolute Gasteiger partial charge is 0.496 e. The fourth-order valence-electron chi connectivity index (χ4n) is 3.42. The quantitative estimate of drug-likeness (QED) is 0.172. The molecule has 0 fully saturated rings. The highest BCUT2D eigenvalue weighted by Crippen LogP contribution is 2.37. The molecule has 37 heavy (non-hydrogen) atoms. The highest BCUT2D eigenvalue weighted by molar-refractivity contribution is 7.99. The summed E-state index contributed by atoms with van der Waals surface area (Å²) in [5.74, 6) is 0.256. The summed E-state index contributed by atoms with van der Waals surface area (Å²) in [6.07, 6.45) is 4.15. The van der Waals surface area contributed by atoms with Crippen LogP contribution in [0, 0.1) is 0 Å². The van der Waals surface area contributed by atoms with Crippen molar-refractivity contribution < 1.29 is 27.8 Å². The molecule has 2 aromatic heterocycles. The lowest BCUT2D eigenvalue weighted by Gasteiger charge is -2.12. The molecule has 0 amide bonds. The summed E-state index contributed by atoms with van der Waals surface area (Å²) >= 11 is 8.14. The maximum absolute atomic E-state index is 10.6. The number of aliphatic carboxylic acids is 1. The Bertz CT molecular complexity index is 1160. The molecule has 0 saturated carbocycles. The molecule has 6 nitrogen and oxygen atoms in total. The number of unbranched alkanes of at least 4 members (excludes halogenated alkanes) is 4. The molecule has 0 atom stereocenters. The fourth-order valence-corrected chi connectivity index (χ4v) is 4.65. The molecule has 1 aromatic carbocycles. The number of methoxy groups -OCH3 is 1.